The van der Waals surface area contributed by atoms with E-state index in [4.69, 9.17) is 4.74 Å². The maximum atomic E-state index is 9.70. The van der Waals surface area contributed by atoms with E-state index in [1.165, 1.54) is 0 Å². The van der Waals surface area contributed by atoms with E-state index in [1.807, 2.05) is 60.3 Å². The van der Waals surface area contributed by atoms with Gasteiger partial charge in [0.25, 0.3) is 0 Å². The zero-order valence-electron chi connectivity index (χ0n) is 18.2. The zero-order chi connectivity index (χ0) is 21.6. The molecule has 0 spiro atoms. The number of hydrogen-bond donors (Lipinski definition) is 0. The summed E-state index contributed by atoms with van der Waals surface area (Å²) < 4.78 is 8.42. The highest BCUT2D eigenvalue weighted by molar-refractivity contribution is 5.85. The molecule has 0 aliphatic heterocycles. The van der Waals surface area contributed by atoms with Crippen molar-refractivity contribution in [2.45, 2.75) is 26.1 Å². The molecule has 0 aliphatic rings. The molecule has 4 nitrogen and oxygen atoms in total. The fourth-order valence-electron chi connectivity index (χ4n) is 3.76. The molecule has 0 saturated heterocycles. The maximum Gasteiger partial charge on any atom is 0.111 e. The number of ether oxygens (including phenoxy) is 1. The summed E-state index contributed by atoms with van der Waals surface area (Å²) >= 11 is 0. The molecule has 5 heteroatoms. The zero-order valence-corrected chi connectivity index (χ0v) is 19.0. The van der Waals surface area contributed by atoms with Gasteiger partial charge in [-0.1, -0.05) is 60.7 Å². The summed E-state index contributed by atoms with van der Waals surface area (Å²) in [7, 11) is 1.99. The third kappa shape index (κ3) is 5.26. The van der Waals surface area contributed by atoms with Gasteiger partial charge < -0.3 is 9.30 Å². The molecule has 0 bridgehead atoms. The summed E-state index contributed by atoms with van der Waals surface area (Å²) in [5.74, 6) is 0.958. The van der Waals surface area contributed by atoms with Crippen LogP contribution in [0.25, 0.3) is 11.1 Å². The molecule has 0 fully saturated rings. The summed E-state index contributed by atoms with van der Waals surface area (Å²) in [5.41, 5.74) is 5.97. The minimum atomic E-state index is -0.184. The largest absolute Gasteiger partial charge is 0.368 e. The number of aryl methyl sites for hydroxylation is 2. The molecule has 1 aromatic heterocycles. The molecule has 162 valence electrons. The number of nitriles is 1. The van der Waals surface area contributed by atoms with Gasteiger partial charge in [-0.15, -0.1) is 12.4 Å². The average molecular weight is 444 g/mol. The standard InChI is InChI=1S/C27H25N3O.ClH/c1-20-8-6-7-11-24(20)25-16-22(12-13-23(25)18-28)26(17-27-29-14-15-30(27)2)31-19-21-9-4-3-5-10-21;/h3-16,26H,17,19H2,1-2H3;1H. The van der Waals surface area contributed by atoms with Crippen LogP contribution in [0, 0.1) is 18.3 Å². The highest BCUT2D eigenvalue weighted by atomic mass is 35.5. The van der Waals surface area contributed by atoms with E-state index in [0.717, 1.165) is 33.6 Å². The van der Waals surface area contributed by atoms with Gasteiger partial charge >= 0.3 is 0 Å². The summed E-state index contributed by atoms with van der Waals surface area (Å²) in [6.45, 7) is 2.58. The summed E-state index contributed by atoms with van der Waals surface area (Å²) in [4.78, 5) is 4.50. The van der Waals surface area contributed by atoms with Crippen molar-refractivity contribution in [3.05, 3.63) is 113 Å². The van der Waals surface area contributed by atoms with Gasteiger partial charge in [0, 0.05) is 31.4 Å². The first-order chi connectivity index (χ1) is 15.2. The highest BCUT2D eigenvalue weighted by Crippen LogP contribution is 2.32. The van der Waals surface area contributed by atoms with Gasteiger partial charge in [-0.3, -0.25) is 0 Å². The molecule has 1 atom stereocenters. The van der Waals surface area contributed by atoms with Crippen LogP contribution >= 0.6 is 12.4 Å². The lowest BCUT2D eigenvalue weighted by atomic mass is 9.92. The van der Waals surface area contributed by atoms with E-state index in [-0.39, 0.29) is 18.5 Å². The Morgan fingerprint density at radius 3 is 2.44 bits per heavy atom. The van der Waals surface area contributed by atoms with Crippen LogP contribution < -0.4 is 0 Å². The predicted molar refractivity (Wildman–Crippen MR) is 129 cm³/mol. The van der Waals surface area contributed by atoms with Crippen LogP contribution in [-0.4, -0.2) is 9.55 Å². The van der Waals surface area contributed by atoms with Gasteiger partial charge in [0.05, 0.1) is 24.3 Å². The Bertz CT molecular complexity index is 1210. The minimum Gasteiger partial charge on any atom is -0.368 e. The fraction of sp³-hybridized carbons (Fsp3) is 0.185. The SMILES string of the molecule is Cc1ccccc1-c1cc(C(Cc2nccn2C)OCc2ccccc2)ccc1C#N.Cl. The lowest BCUT2D eigenvalue weighted by Crippen LogP contribution is -2.11. The Morgan fingerprint density at radius 1 is 1.00 bits per heavy atom. The van der Waals surface area contributed by atoms with Gasteiger partial charge in [0.1, 0.15) is 5.82 Å². The molecule has 0 aliphatic carbocycles. The smallest absolute Gasteiger partial charge is 0.111 e. The Kier molecular flexibility index (Phi) is 7.83. The van der Waals surface area contributed by atoms with Crippen LogP contribution in [0.5, 0.6) is 0 Å². The Hall–Kier alpha value is -3.39. The second kappa shape index (κ2) is 10.8. The molecule has 0 amide bonds. The molecule has 1 heterocycles. The summed E-state index contributed by atoms with van der Waals surface area (Å²) in [6.07, 6.45) is 4.22. The fourth-order valence-corrected chi connectivity index (χ4v) is 3.76. The number of halogens is 1. The van der Waals surface area contributed by atoms with E-state index >= 15 is 0 Å². The highest BCUT2D eigenvalue weighted by Gasteiger charge is 2.18. The van der Waals surface area contributed by atoms with Crippen molar-refractivity contribution in [1.29, 1.82) is 5.26 Å². The summed E-state index contributed by atoms with van der Waals surface area (Å²) in [5, 5.41) is 9.70. The molecule has 3 aromatic carbocycles. The van der Waals surface area contributed by atoms with Gasteiger partial charge in [-0.2, -0.15) is 5.26 Å². The van der Waals surface area contributed by atoms with Crippen LogP contribution in [-0.2, 0) is 24.8 Å². The monoisotopic (exact) mass is 443 g/mol. The number of aromatic nitrogens is 2. The van der Waals surface area contributed by atoms with E-state index in [0.29, 0.717) is 18.6 Å². The lowest BCUT2D eigenvalue weighted by molar-refractivity contribution is 0.0382. The van der Waals surface area contributed by atoms with Crippen LogP contribution in [0.1, 0.15) is 34.2 Å². The second-order valence-corrected chi connectivity index (χ2v) is 7.68. The topological polar surface area (TPSA) is 50.8 Å². The molecule has 32 heavy (non-hydrogen) atoms. The van der Waals surface area contributed by atoms with E-state index < -0.39 is 0 Å². The van der Waals surface area contributed by atoms with Crippen molar-refractivity contribution in [1.82, 2.24) is 9.55 Å². The summed E-state index contributed by atoms with van der Waals surface area (Å²) in [6, 6.07) is 26.7. The molecule has 0 radical (unpaired) electrons. The Balaban J connectivity index is 0.00000289. The lowest BCUT2D eigenvalue weighted by Gasteiger charge is -2.20. The molecule has 4 aromatic rings. The van der Waals surface area contributed by atoms with Crippen LogP contribution in [0.4, 0.5) is 0 Å². The van der Waals surface area contributed by atoms with Crippen molar-refractivity contribution in [3.63, 3.8) is 0 Å². The molecule has 4 rings (SSSR count). The predicted octanol–water partition coefficient (Wildman–Crippen LogP) is 6.19. The molecule has 1 unspecified atom stereocenters. The third-order valence-corrected chi connectivity index (χ3v) is 5.55. The first-order valence-electron chi connectivity index (χ1n) is 10.4. The number of benzene rings is 3. The van der Waals surface area contributed by atoms with Crippen molar-refractivity contribution in [3.8, 4) is 17.2 Å². The van der Waals surface area contributed by atoms with Gasteiger partial charge in [0.2, 0.25) is 0 Å². The number of imidazole rings is 1. The second-order valence-electron chi connectivity index (χ2n) is 7.68. The molecule has 0 saturated carbocycles. The van der Waals surface area contributed by atoms with E-state index in [1.54, 1.807) is 6.20 Å². The maximum absolute atomic E-state index is 9.70. The van der Waals surface area contributed by atoms with Crippen LogP contribution in [0.15, 0.2) is 85.2 Å². The number of nitrogens with zero attached hydrogens (tertiary/aromatic N) is 3. The van der Waals surface area contributed by atoms with E-state index in [9.17, 15) is 5.26 Å². The van der Waals surface area contributed by atoms with Crippen molar-refractivity contribution < 1.29 is 4.74 Å². The molecular formula is C27H26ClN3O. The first-order valence-corrected chi connectivity index (χ1v) is 10.4. The number of rotatable bonds is 7. The van der Waals surface area contributed by atoms with Crippen molar-refractivity contribution in [2.75, 3.05) is 0 Å². The van der Waals surface area contributed by atoms with Gasteiger partial charge in [-0.05, 0) is 41.3 Å². The minimum absolute atomic E-state index is 0. The normalized spacial score (nSPS) is 11.4. The molecular weight excluding hydrogens is 418 g/mol. The van der Waals surface area contributed by atoms with Crippen LogP contribution in [0.2, 0.25) is 0 Å². The Labute approximate surface area is 195 Å². The van der Waals surface area contributed by atoms with Crippen molar-refractivity contribution >= 4 is 12.4 Å². The van der Waals surface area contributed by atoms with Gasteiger partial charge in [-0.25, -0.2) is 4.98 Å². The van der Waals surface area contributed by atoms with E-state index in [2.05, 4.69) is 48.3 Å². The Morgan fingerprint density at radius 2 is 1.75 bits per heavy atom. The quantitative estimate of drug-likeness (QED) is 0.342. The third-order valence-electron chi connectivity index (χ3n) is 5.55. The first kappa shape index (κ1) is 23.3. The average Bonchev–Trinajstić information content (AvgIpc) is 3.21. The van der Waals surface area contributed by atoms with Crippen molar-refractivity contribution in [2.24, 2.45) is 7.05 Å². The number of hydrogen-bond acceptors (Lipinski definition) is 3. The molecule has 0 N–H and O–H groups in total. The van der Waals surface area contributed by atoms with Gasteiger partial charge in [0.15, 0.2) is 0 Å². The van der Waals surface area contributed by atoms with Crippen LogP contribution in [0.3, 0.4) is 0 Å².